The van der Waals surface area contributed by atoms with Gasteiger partial charge in [0, 0.05) is 6.42 Å². The van der Waals surface area contributed by atoms with Gasteiger partial charge >= 0.3 is 5.97 Å². The van der Waals surface area contributed by atoms with Gasteiger partial charge < -0.3 is 10.0 Å². The van der Waals surface area contributed by atoms with Crippen LogP contribution in [0, 0.1) is 5.41 Å². The number of hydrogen-bond acceptors (Lipinski definition) is 2. The Kier molecular flexibility index (Phi) is 5.26. The Balaban J connectivity index is 2.23. The lowest BCUT2D eigenvalue weighted by molar-refractivity contribution is -0.137. The van der Waals surface area contributed by atoms with Crippen molar-refractivity contribution in [3.63, 3.8) is 0 Å². The van der Waals surface area contributed by atoms with E-state index in [9.17, 15) is 4.79 Å². The summed E-state index contributed by atoms with van der Waals surface area (Å²) in [6, 6.07) is 0. The van der Waals surface area contributed by atoms with Gasteiger partial charge in [-0.3, -0.25) is 4.79 Å². The maximum absolute atomic E-state index is 10.4. The maximum atomic E-state index is 10.4. The number of nitrogens with zero attached hydrogens (tertiary/aromatic N) is 1. The number of carboxylic acid groups (broad SMARTS) is 1. The van der Waals surface area contributed by atoms with Crippen molar-refractivity contribution in [3.05, 3.63) is 0 Å². The Hall–Kier alpha value is -0.570. The molecule has 3 heteroatoms. The fraction of sp³-hybridized carbons (Fsp3) is 0.923. The van der Waals surface area contributed by atoms with E-state index in [-0.39, 0.29) is 0 Å². The third-order valence-electron chi connectivity index (χ3n) is 4.28. The molecule has 0 aromatic heterocycles. The minimum atomic E-state index is -0.673. The molecule has 1 rings (SSSR count). The first-order chi connectivity index (χ1) is 7.62. The van der Waals surface area contributed by atoms with Gasteiger partial charge in [0.25, 0.3) is 0 Å². The summed E-state index contributed by atoms with van der Waals surface area (Å²) < 4.78 is 0. The summed E-state index contributed by atoms with van der Waals surface area (Å²) in [6.07, 6.45) is 6.24. The SMILES string of the molecule is CCC1(CC)CCN(CCCC(=O)O)CC1. The monoisotopic (exact) mass is 227 g/mol. The molecular formula is C13H25NO2. The van der Waals surface area contributed by atoms with Crippen LogP contribution in [0.3, 0.4) is 0 Å². The Labute approximate surface area is 98.8 Å². The standard InChI is InChI=1S/C13H25NO2/c1-3-13(4-2)7-10-14(11-8-13)9-5-6-12(15)16/h3-11H2,1-2H3,(H,15,16). The highest BCUT2D eigenvalue weighted by molar-refractivity contribution is 5.66. The number of rotatable bonds is 6. The van der Waals surface area contributed by atoms with E-state index in [1.54, 1.807) is 0 Å². The van der Waals surface area contributed by atoms with Crippen molar-refractivity contribution in [2.75, 3.05) is 19.6 Å². The Bertz CT molecular complexity index is 214. The van der Waals surface area contributed by atoms with Crippen molar-refractivity contribution in [1.29, 1.82) is 0 Å². The van der Waals surface area contributed by atoms with Crippen molar-refractivity contribution in [2.45, 2.75) is 52.4 Å². The fourth-order valence-electron chi connectivity index (χ4n) is 2.66. The van der Waals surface area contributed by atoms with Crippen LogP contribution in [-0.2, 0) is 4.79 Å². The molecule has 94 valence electrons. The van der Waals surface area contributed by atoms with Gasteiger partial charge in [-0.15, -0.1) is 0 Å². The van der Waals surface area contributed by atoms with Crippen LogP contribution in [0.25, 0.3) is 0 Å². The molecule has 0 radical (unpaired) electrons. The molecule has 0 aromatic rings. The molecular weight excluding hydrogens is 202 g/mol. The van der Waals surface area contributed by atoms with Crippen LogP contribution in [0.4, 0.5) is 0 Å². The minimum Gasteiger partial charge on any atom is -0.481 e. The predicted molar refractivity (Wildman–Crippen MR) is 65.6 cm³/mol. The normalized spacial score (nSPS) is 20.9. The molecule has 1 fully saturated rings. The van der Waals surface area contributed by atoms with E-state index in [4.69, 9.17) is 5.11 Å². The summed E-state index contributed by atoms with van der Waals surface area (Å²) in [5.41, 5.74) is 0.573. The highest BCUT2D eigenvalue weighted by atomic mass is 16.4. The zero-order chi connectivity index (χ0) is 12.0. The van der Waals surface area contributed by atoms with Crippen molar-refractivity contribution in [2.24, 2.45) is 5.41 Å². The Morgan fingerprint density at radius 1 is 1.25 bits per heavy atom. The fourth-order valence-corrected chi connectivity index (χ4v) is 2.66. The van der Waals surface area contributed by atoms with E-state index in [0.717, 1.165) is 26.1 Å². The number of piperidine rings is 1. The second kappa shape index (κ2) is 6.24. The first-order valence-electron chi connectivity index (χ1n) is 6.56. The molecule has 0 atom stereocenters. The second-order valence-electron chi connectivity index (χ2n) is 5.05. The summed E-state index contributed by atoms with van der Waals surface area (Å²) in [5, 5.41) is 8.58. The van der Waals surface area contributed by atoms with Crippen LogP contribution in [0.15, 0.2) is 0 Å². The zero-order valence-electron chi connectivity index (χ0n) is 10.7. The smallest absolute Gasteiger partial charge is 0.303 e. The van der Waals surface area contributed by atoms with Crippen LogP contribution < -0.4 is 0 Å². The van der Waals surface area contributed by atoms with Gasteiger partial charge in [-0.25, -0.2) is 0 Å². The molecule has 16 heavy (non-hydrogen) atoms. The van der Waals surface area contributed by atoms with Crippen LogP contribution in [0.1, 0.15) is 52.4 Å². The molecule has 0 aliphatic carbocycles. The van der Waals surface area contributed by atoms with E-state index in [0.29, 0.717) is 11.8 Å². The molecule has 0 aromatic carbocycles. The van der Waals surface area contributed by atoms with Gasteiger partial charge in [0.2, 0.25) is 0 Å². The molecule has 0 saturated carbocycles. The van der Waals surface area contributed by atoms with Crippen molar-refractivity contribution in [3.8, 4) is 0 Å². The van der Waals surface area contributed by atoms with Gasteiger partial charge in [-0.1, -0.05) is 26.7 Å². The summed E-state index contributed by atoms with van der Waals surface area (Å²) in [6.45, 7) is 7.85. The van der Waals surface area contributed by atoms with Gasteiger partial charge in [0.05, 0.1) is 0 Å². The number of hydrogen-bond donors (Lipinski definition) is 1. The van der Waals surface area contributed by atoms with Crippen molar-refractivity contribution in [1.82, 2.24) is 4.90 Å². The van der Waals surface area contributed by atoms with Gasteiger partial charge in [0.15, 0.2) is 0 Å². The zero-order valence-corrected chi connectivity index (χ0v) is 10.7. The lowest BCUT2D eigenvalue weighted by atomic mass is 9.74. The van der Waals surface area contributed by atoms with Gasteiger partial charge in [-0.05, 0) is 44.3 Å². The topological polar surface area (TPSA) is 40.5 Å². The van der Waals surface area contributed by atoms with Crippen LogP contribution >= 0.6 is 0 Å². The average Bonchev–Trinajstić information content (AvgIpc) is 2.30. The largest absolute Gasteiger partial charge is 0.481 e. The molecule has 1 N–H and O–H groups in total. The van der Waals surface area contributed by atoms with E-state index in [2.05, 4.69) is 18.7 Å². The van der Waals surface area contributed by atoms with E-state index in [1.807, 2.05) is 0 Å². The number of likely N-dealkylation sites (tertiary alicyclic amines) is 1. The van der Waals surface area contributed by atoms with Crippen molar-refractivity contribution < 1.29 is 9.90 Å². The summed E-state index contributed by atoms with van der Waals surface area (Å²) >= 11 is 0. The Morgan fingerprint density at radius 2 is 1.81 bits per heavy atom. The highest BCUT2D eigenvalue weighted by Gasteiger charge is 2.30. The Morgan fingerprint density at radius 3 is 2.25 bits per heavy atom. The average molecular weight is 227 g/mol. The lowest BCUT2D eigenvalue weighted by Gasteiger charge is -2.41. The minimum absolute atomic E-state index is 0.309. The number of aliphatic carboxylic acids is 1. The molecule has 0 spiro atoms. The summed E-state index contributed by atoms with van der Waals surface area (Å²) in [7, 11) is 0. The summed E-state index contributed by atoms with van der Waals surface area (Å²) in [5.74, 6) is -0.673. The molecule has 3 nitrogen and oxygen atoms in total. The first-order valence-corrected chi connectivity index (χ1v) is 6.56. The number of carboxylic acids is 1. The molecule has 1 saturated heterocycles. The lowest BCUT2D eigenvalue weighted by Crippen LogP contribution is -2.40. The third-order valence-corrected chi connectivity index (χ3v) is 4.28. The predicted octanol–water partition coefficient (Wildman–Crippen LogP) is 2.75. The van der Waals surface area contributed by atoms with E-state index in [1.165, 1.54) is 25.7 Å². The van der Waals surface area contributed by atoms with Crippen LogP contribution in [0.2, 0.25) is 0 Å². The van der Waals surface area contributed by atoms with Crippen LogP contribution in [-0.4, -0.2) is 35.6 Å². The molecule has 0 unspecified atom stereocenters. The summed E-state index contributed by atoms with van der Waals surface area (Å²) in [4.78, 5) is 12.8. The van der Waals surface area contributed by atoms with Crippen LogP contribution in [0.5, 0.6) is 0 Å². The third kappa shape index (κ3) is 3.78. The number of carbonyl (C=O) groups is 1. The quantitative estimate of drug-likeness (QED) is 0.758. The second-order valence-corrected chi connectivity index (χ2v) is 5.05. The van der Waals surface area contributed by atoms with Gasteiger partial charge in [0.1, 0.15) is 0 Å². The molecule has 0 bridgehead atoms. The molecule has 1 aliphatic rings. The van der Waals surface area contributed by atoms with Gasteiger partial charge in [-0.2, -0.15) is 0 Å². The maximum Gasteiger partial charge on any atom is 0.303 e. The van der Waals surface area contributed by atoms with E-state index < -0.39 is 5.97 Å². The molecule has 1 aliphatic heterocycles. The molecule has 0 amide bonds. The first kappa shape index (κ1) is 13.5. The van der Waals surface area contributed by atoms with Crippen molar-refractivity contribution >= 4 is 5.97 Å². The molecule has 1 heterocycles. The highest BCUT2D eigenvalue weighted by Crippen LogP contribution is 2.37. The van der Waals surface area contributed by atoms with E-state index >= 15 is 0 Å².